The lowest BCUT2D eigenvalue weighted by molar-refractivity contribution is -0.120. The summed E-state index contributed by atoms with van der Waals surface area (Å²) in [6.07, 6.45) is 1.77. The van der Waals surface area contributed by atoms with Gasteiger partial charge in [0, 0.05) is 19.3 Å². The molecule has 1 unspecified atom stereocenters. The fraction of sp³-hybridized carbons (Fsp3) is 0.533. The minimum atomic E-state index is -0.281. The number of nitrogens with two attached hydrogens (primary N) is 1. The predicted molar refractivity (Wildman–Crippen MR) is 80.4 cm³/mol. The van der Waals surface area contributed by atoms with E-state index in [2.05, 4.69) is 41.4 Å². The van der Waals surface area contributed by atoms with Gasteiger partial charge in [-0.05, 0) is 37.1 Å². The van der Waals surface area contributed by atoms with Gasteiger partial charge in [0.15, 0.2) is 0 Å². The lowest BCUT2D eigenvalue weighted by Crippen LogP contribution is -2.43. The molecule has 0 aliphatic carbocycles. The summed E-state index contributed by atoms with van der Waals surface area (Å²) in [5.74, 6) is -0.281. The first-order chi connectivity index (χ1) is 9.08. The molecule has 4 nitrogen and oxygen atoms in total. The average molecular weight is 263 g/mol. The fourth-order valence-electron chi connectivity index (χ4n) is 2.03. The normalized spacial score (nSPS) is 12.2. The Hall–Kier alpha value is -1.55. The number of hydrogen-bond acceptors (Lipinski definition) is 3. The molecule has 0 saturated heterocycles. The molecule has 3 N–H and O–H groups in total. The van der Waals surface area contributed by atoms with Crippen LogP contribution in [-0.4, -0.2) is 32.1 Å². The monoisotopic (exact) mass is 263 g/mol. The van der Waals surface area contributed by atoms with Crippen LogP contribution in [0.15, 0.2) is 24.3 Å². The van der Waals surface area contributed by atoms with Gasteiger partial charge in [-0.3, -0.25) is 4.79 Å². The Bertz CT molecular complexity index is 389. The van der Waals surface area contributed by atoms with Gasteiger partial charge < -0.3 is 16.0 Å². The minimum absolute atomic E-state index is 0.248. The second kappa shape index (κ2) is 7.79. The van der Waals surface area contributed by atoms with Gasteiger partial charge in [0.1, 0.15) is 0 Å². The van der Waals surface area contributed by atoms with Crippen LogP contribution in [0, 0.1) is 0 Å². The molecule has 1 aromatic carbocycles. The molecule has 4 heteroatoms. The van der Waals surface area contributed by atoms with Crippen molar-refractivity contribution in [3.05, 3.63) is 29.8 Å². The second-order valence-electron chi connectivity index (χ2n) is 4.74. The lowest BCUT2D eigenvalue weighted by Gasteiger charge is -2.22. The highest BCUT2D eigenvalue weighted by atomic mass is 16.1. The number of aryl methyl sites for hydroxylation is 1. The Morgan fingerprint density at radius 2 is 1.95 bits per heavy atom. The Balaban J connectivity index is 2.53. The highest BCUT2D eigenvalue weighted by Crippen LogP contribution is 2.14. The second-order valence-corrected chi connectivity index (χ2v) is 4.74. The maximum atomic E-state index is 11.3. The van der Waals surface area contributed by atoms with Gasteiger partial charge in [0.05, 0.1) is 6.04 Å². The molecular weight excluding hydrogens is 238 g/mol. The van der Waals surface area contributed by atoms with Crippen LogP contribution in [0.2, 0.25) is 0 Å². The summed E-state index contributed by atoms with van der Waals surface area (Å²) in [6, 6.07) is 8.27. The Morgan fingerprint density at radius 3 is 2.42 bits per heavy atom. The van der Waals surface area contributed by atoms with Crippen LogP contribution in [0.1, 0.15) is 25.8 Å². The number of benzene rings is 1. The Labute approximate surface area is 116 Å². The molecule has 106 valence electrons. The summed E-state index contributed by atoms with van der Waals surface area (Å²) in [5.41, 5.74) is 7.86. The highest BCUT2D eigenvalue weighted by molar-refractivity contribution is 5.79. The van der Waals surface area contributed by atoms with Crippen LogP contribution in [0.5, 0.6) is 0 Å². The van der Waals surface area contributed by atoms with Crippen LogP contribution in [0.25, 0.3) is 0 Å². The van der Waals surface area contributed by atoms with Crippen LogP contribution < -0.4 is 16.0 Å². The number of carbonyl (C=O) groups is 1. The van der Waals surface area contributed by atoms with E-state index in [1.54, 1.807) is 0 Å². The first-order valence-corrected chi connectivity index (χ1v) is 6.91. The van der Waals surface area contributed by atoms with Gasteiger partial charge in [0.25, 0.3) is 0 Å². The minimum Gasteiger partial charge on any atom is -0.375 e. The first-order valence-electron chi connectivity index (χ1n) is 6.91. The van der Waals surface area contributed by atoms with Crippen molar-refractivity contribution in [1.29, 1.82) is 0 Å². The highest BCUT2D eigenvalue weighted by Gasteiger charge is 2.14. The van der Waals surface area contributed by atoms with Crippen LogP contribution >= 0.6 is 0 Å². The molecule has 0 spiro atoms. The summed E-state index contributed by atoms with van der Waals surface area (Å²) in [5, 5.41) is 3.11. The number of rotatable bonds is 8. The SMILES string of the molecule is CCNC(CCN(C)c1ccc(CC)cc1)C(N)=O. The third-order valence-electron chi connectivity index (χ3n) is 3.33. The molecule has 0 fully saturated rings. The maximum absolute atomic E-state index is 11.3. The van der Waals surface area contributed by atoms with Crippen molar-refractivity contribution in [3.8, 4) is 0 Å². The van der Waals surface area contributed by atoms with E-state index >= 15 is 0 Å². The zero-order chi connectivity index (χ0) is 14.3. The molecule has 0 radical (unpaired) electrons. The third kappa shape index (κ3) is 4.91. The van der Waals surface area contributed by atoms with Gasteiger partial charge >= 0.3 is 0 Å². The van der Waals surface area contributed by atoms with Gasteiger partial charge in [-0.1, -0.05) is 26.0 Å². The zero-order valence-corrected chi connectivity index (χ0v) is 12.1. The Morgan fingerprint density at radius 1 is 1.32 bits per heavy atom. The van der Waals surface area contributed by atoms with Gasteiger partial charge in [-0.25, -0.2) is 0 Å². The van der Waals surface area contributed by atoms with Gasteiger partial charge in [0.2, 0.25) is 5.91 Å². The van der Waals surface area contributed by atoms with E-state index in [0.717, 1.165) is 31.6 Å². The lowest BCUT2D eigenvalue weighted by atomic mass is 10.1. The van der Waals surface area contributed by atoms with Crippen LogP contribution in [-0.2, 0) is 11.2 Å². The molecule has 0 bridgehead atoms. The van der Waals surface area contributed by atoms with Crippen molar-refractivity contribution in [2.45, 2.75) is 32.7 Å². The third-order valence-corrected chi connectivity index (χ3v) is 3.33. The van der Waals surface area contributed by atoms with E-state index in [-0.39, 0.29) is 11.9 Å². The molecule has 1 aromatic rings. The van der Waals surface area contributed by atoms with Crippen molar-refractivity contribution in [2.24, 2.45) is 5.73 Å². The number of primary amides is 1. The maximum Gasteiger partial charge on any atom is 0.234 e. The molecule has 0 aliphatic heterocycles. The quantitative estimate of drug-likeness (QED) is 0.748. The molecular formula is C15H25N3O. The number of amides is 1. The van der Waals surface area contributed by atoms with Crippen LogP contribution in [0.3, 0.4) is 0 Å². The largest absolute Gasteiger partial charge is 0.375 e. The van der Waals surface area contributed by atoms with E-state index in [4.69, 9.17) is 5.73 Å². The number of hydrogen-bond donors (Lipinski definition) is 2. The fourth-order valence-corrected chi connectivity index (χ4v) is 2.03. The molecule has 0 aliphatic rings. The number of carbonyl (C=O) groups excluding carboxylic acids is 1. The summed E-state index contributed by atoms with van der Waals surface area (Å²) >= 11 is 0. The van der Waals surface area contributed by atoms with Crippen molar-refractivity contribution < 1.29 is 4.79 Å². The molecule has 1 rings (SSSR count). The van der Waals surface area contributed by atoms with Gasteiger partial charge in [-0.15, -0.1) is 0 Å². The topological polar surface area (TPSA) is 58.4 Å². The zero-order valence-electron chi connectivity index (χ0n) is 12.1. The first kappa shape index (κ1) is 15.5. The number of nitrogens with zero attached hydrogens (tertiary/aromatic N) is 1. The van der Waals surface area contributed by atoms with E-state index in [9.17, 15) is 4.79 Å². The smallest absolute Gasteiger partial charge is 0.234 e. The standard InChI is InChI=1S/C15H25N3O/c1-4-12-6-8-13(9-7-12)18(3)11-10-14(15(16)19)17-5-2/h6-9,14,17H,4-5,10-11H2,1-3H3,(H2,16,19). The molecule has 1 amide bonds. The summed E-state index contributed by atoms with van der Waals surface area (Å²) in [7, 11) is 2.03. The van der Waals surface area contributed by atoms with Crippen LogP contribution in [0.4, 0.5) is 5.69 Å². The van der Waals surface area contributed by atoms with Crippen molar-refractivity contribution in [2.75, 3.05) is 25.0 Å². The predicted octanol–water partition coefficient (Wildman–Crippen LogP) is 1.54. The summed E-state index contributed by atoms with van der Waals surface area (Å²) < 4.78 is 0. The summed E-state index contributed by atoms with van der Waals surface area (Å²) in [6.45, 7) is 5.67. The number of likely N-dealkylation sites (N-methyl/N-ethyl adjacent to an activating group) is 1. The summed E-state index contributed by atoms with van der Waals surface area (Å²) in [4.78, 5) is 13.4. The van der Waals surface area contributed by atoms with Crippen molar-refractivity contribution in [1.82, 2.24) is 5.32 Å². The Kier molecular flexibility index (Phi) is 6.36. The van der Waals surface area contributed by atoms with E-state index in [1.807, 2.05) is 14.0 Å². The molecule has 0 aromatic heterocycles. The van der Waals surface area contributed by atoms with E-state index < -0.39 is 0 Å². The van der Waals surface area contributed by atoms with Crippen molar-refractivity contribution in [3.63, 3.8) is 0 Å². The van der Waals surface area contributed by atoms with Crippen molar-refractivity contribution >= 4 is 11.6 Å². The number of nitrogens with one attached hydrogen (secondary N) is 1. The number of anilines is 1. The molecule has 0 saturated carbocycles. The van der Waals surface area contributed by atoms with Gasteiger partial charge in [-0.2, -0.15) is 0 Å². The molecule has 19 heavy (non-hydrogen) atoms. The molecule has 0 heterocycles. The van der Waals surface area contributed by atoms with E-state index in [1.165, 1.54) is 5.56 Å². The van der Waals surface area contributed by atoms with E-state index in [0.29, 0.717) is 0 Å². The average Bonchev–Trinajstić information content (AvgIpc) is 2.42. The molecule has 1 atom stereocenters.